The molecule has 2 aromatic rings. The van der Waals surface area contributed by atoms with Gasteiger partial charge in [-0.3, -0.25) is 0 Å². The van der Waals surface area contributed by atoms with E-state index in [0.717, 1.165) is 42.0 Å². The van der Waals surface area contributed by atoms with Gasteiger partial charge in [0.2, 0.25) is 5.95 Å². The summed E-state index contributed by atoms with van der Waals surface area (Å²) in [5.41, 5.74) is 0. The molecule has 1 aliphatic rings. The van der Waals surface area contributed by atoms with Crippen molar-refractivity contribution in [2.45, 2.75) is 39.0 Å². The number of aromatic nitrogens is 2. The molecule has 0 amide bonds. The molecular weight excluding hydrogens is 280 g/mol. The number of anilines is 2. The van der Waals surface area contributed by atoms with Gasteiger partial charge in [0.05, 0.1) is 5.39 Å². The number of nitrogens with one attached hydrogen (secondary N) is 1. The predicted molar refractivity (Wildman–Crippen MR) is 91.4 cm³/mol. The van der Waals surface area contributed by atoms with E-state index in [4.69, 9.17) is 4.98 Å². The van der Waals surface area contributed by atoms with Crippen LogP contribution in [-0.2, 0) is 0 Å². The van der Waals surface area contributed by atoms with Gasteiger partial charge >= 0.3 is 0 Å². The van der Waals surface area contributed by atoms with Gasteiger partial charge in [0.15, 0.2) is 0 Å². The average molecular weight is 304 g/mol. The lowest BCUT2D eigenvalue weighted by molar-refractivity contribution is 0.545. The number of rotatable bonds is 6. The van der Waals surface area contributed by atoms with Crippen LogP contribution in [0.5, 0.6) is 0 Å². The average Bonchev–Trinajstić information content (AvgIpc) is 3.14. The fourth-order valence-electron chi connectivity index (χ4n) is 3.11. The van der Waals surface area contributed by atoms with Crippen molar-refractivity contribution in [2.24, 2.45) is 5.92 Å². The first-order valence-electron chi connectivity index (χ1n) is 7.98. The van der Waals surface area contributed by atoms with Gasteiger partial charge in [-0.1, -0.05) is 19.8 Å². The van der Waals surface area contributed by atoms with E-state index < -0.39 is 0 Å². The van der Waals surface area contributed by atoms with Gasteiger partial charge in [-0.25, -0.2) is 4.98 Å². The van der Waals surface area contributed by atoms with Crippen LogP contribution in [0.15, 0.2) is 11.4 Å². The molecule has 2 heterocycles. The highest BCUT2D eigenvalue weighted by atomic mass is 32.1. The lowest BCUT2D eigenvalue weighted by Gasteiger charge is -2.23. The Balaban J connectivity index is 1.85. The fraction of sp³-hybridized carbons (Fsp3) is 0.625. The van der Waals surface area contributed by atoms with Crippen LogP contribution < -0.4 is 10.2 Å². The molecule has 1 aliphatic carbocycles. The molecule has 114 valence electrons. The number of fused-ring (bicyclic) bond motifs is 1. The van der Waals surface area contributed by atoms with Gasteiger partial charge in [0.1, 0.15) is 10.6 Å². The normalized spacial score (nSPS) is 15.7. The van der Waals surface area contributed by atoms with Crippen LogP contribution >= 0.6 is 11.3 Å². The van der Waals surface area contributed by atoms with E-state index in [2.05, 4.69) is 40.6 Å². The second-order valence-electron chi connectivity index (χ2n) is 5.97. The summed E-state index contributed by atoms with van der Waals surface area (Å²) in [4.78, 5) is 12.8. The Hall–Kier alpha value is -1.36. The number of hydrogen-bond donors (Lipinski definition) is 1. The molecular formula is C16H24N4S. The van der Waals surface area contributed by atoms with Crippen LogP contribution in [0.2, 0.25) is 0 Å². The molecule has 21 heavy (non-hydrogen) atoms. The Morgan fingerprint density at radius 3 is 2.90 bits per heavy atom. The van der Waals surface area contributed by atoms with E-state index in [0.29, 0.717) is 0 Å². The third-order valence-electron chi connectivity index (χ3n) is 4.21. The van der Waals surface area contributed by atoms with Gasteiger partial charge in [0, 0.05) is 20.1 Å². The van der Waals surface area contributed by atoms with Gasteiger partial charge in [-0.05, 0) is 36.6 Å². The van der Waals surface area contributed by atoms with Crippen molar-refractivity contribution < 1.29 is 0 Å². The van der Waals surface area contributed by atoms with Crippen LogP contribution in [0, 0.1) is 5.92 Å². The number of hydrogen-bond acceptors (Lipinski definition) is 5. The largest absolute Gasteiger partial charge is 0.359 e. The van der Waals surface area contributed by atoms with Crippen molar-refractivity contribution in [2.75, 3.05) is 30.4 Å². The summed E-state index contributed by atoms with van der Waals surface area (Å²) < 4.78 is 0. The maximum absolute atomic E-state index is 4.76. The Labute approximate surface area is 130 Å². The van der Waals surface area contributed by atoms with Gasteiger partial charge in [-0.2, -0.15) is 4.98 Å². The van der Waals surface area contributed by atoms with Gasteiger partial charge < -0.3 is 10.2 Å². The molecule has 1 N–H and O–H groups in total. The zero-order valence-corrected chi connectivity index (χ0v) is 13.7. The fourth-order valence-corrected chi connectivity index (χ4v) is 3.87. The summed E-state index contributed by atoms with van der Waals surface area (Å²) >= 11 is 1.69. The maximum Gasteiger partial charge on any atom is 0.226 e. The third kappa shape index (κ3) is 3.28. The van der Waals surface area contributed by atoms with Crippen molar-refractivity contribution in [3.63, 3.8) is 0 Å². The van der Waals surface area contributed by atoms with Gasteiger partial charge in [0.25, 0.3) is 0 Å². The molecule has 1 saturated carbocycles. The molecule has 0 bridgehead atoms. The second kappa shape index (κ2) is 6.60. The molecule has 0 spiro atoms. The molecule has 0 aliphatic heterocycles. The highest BCUT2D eigenvalue weighted by Gasteiger charge is 2.19. The molecule has 3 rings (SSSR count). The summed E-state index contributed by atoms with van der Waals surface area (Å²) in [7, 11) is 2.17. The first-order valence-corrected chi connectivity index (χ1v) is 8.86. The molecule has 0 unspecified atom stereocenters. The SMILES string of the molecule is CCCNc1nc(N(C)CC2CCCC2)c2ccsc2n1. The van der Waals surface area contributed by atoms with Gasteiger partial charge in [-0.15, -0.1) is 11.3 Å². The van der Waals surface area contributed by atoms with E-state index >= 15 is 0 Å². The minimum atomic E-state index is 0.764. The summed E-state index contributed by atoms with van der Waals surface area (Å²) in [5.74, 6) is 2.66. The summed E-state index contributed by atoms with van der Waals surface area (Å²) in [6.45, 7) is 4.18. The Morgan fingerprint density at radius 2 is 2.14 bits per heavy atom. The summed E-state index contributed by atoms with van der Waals surface area (Å²) in [6, 6.07) is 2.14. The van der Waals surface area contributed by atoms with Crippen molar-refractivity contribution in [1.29, 1.82) is 0 Å². The second-order valence-corrected chi connectivity index (χ2v) is 6.86. The standard InChI is InChI=1S/C16H24N4S/c1-3-9-17-16-18-14(13-8-10-21-15(13)19-16)20(2)11-12-6-4-5-7-12/h8,10,12H,3-7,9,11H2,1-2H3,(H,17,18,19). The minimum Gasteiger partial charge on any atom is -0.359 e. The lowest BCUT2D eigenvalue weighted by atomic mass is 10.1. The van der Waals surface area contributed by atoms with Crippen LogP contribution in [0.25, 0.3) is 10.2 Å². The smallest absolute Gasteiger partial charge is 0.226 e. The Kier molecular flexibility index (Phi) is 4.58. The highest BCUT2D eigenvalue weighted by molar-refractivity contribution is 7.16. The van der Waals surface area contributed by atoms with E-state index in [9.17, 15) is 0 Å². The molecule has 0 radical (unpaired) electrons. The zero-order chi connectivity index (χ0) is 14.7. The first kappa shape index (κ1) is 14.6. The zero-order valence-electron chi connectivity index (χ0n) is 12.9. The summed E-state index contributed by atoms with van der Waals surface area (Å²) in [6.07, 6.45) is 6.59. The van der Waals surface area contributed by atoms with Crippen LogP contribution in [-0.4, -0.2) is 30.1 Å². The van der Waals surface area contributed by atoms with Crippen molar-refractivity contribution in [3.05, 3.63) is 11.4 Å². The number of thiophene rings is 1. The molecule has 4 nitrogen and oxygen atoms in total. The Morgan fingerprint density at radius 1 is 1.33 bits per heavy atom. The molecule has 1 fully saturated rings. The monoisotopic (exact) mass is 304 g/mol. The first-order chi connectivity index (χ1) is 10.3. The van der Waals surface area contributed by atoms with Crippen molar-refractivity contribution >= 4 is 33.3 Å². The molecule has 2 aromatic heterocycles. The van der Waals surface area contributed by atoms with Crippen molar-refractivity contribution in [1.82, 2.24) is 9.97 Å². The number of nitrogens with zero attached hydrogens (tertiary/aromatic N) is 3. The predicted octanol–water partition coefficient (Wildman–Crippen LogP) is 4.14. The molecule has 0 saturated heterocycles. The van der Waals surface area contributed by atoms with E-state index in [1.54, 1.807) is 11.3 Å². The molecule has 0 aromatic carbocycles. The van der Waals surface area contributed by atoms with Crippen molar-refractivity contribution in [3.8, 4) is 0 Å². The van der Waals surface area contributed by atoms with E-state index in [1.807, 2.05) is 0 Å². The van der Waals surface area contributed by atoms with Crippen LogP contribution in [0.4, 0.5) is 11.8 Å². The maximum atomic E-state index is 4.76. The lowest BCUT2D eigenvalue weighted by Crippen LogP contribution is -2.25. The van der Waals surface area contributed by atoms with E-state index in [1.165, 1.54) is 31.1 Å². The van der Waals surface area contributed by atoms with Crippen LogP contribution in [0.3, 0.4) is 0 Å². The van der Waals surface area contributed by atoms with Crippen LogP contribution in [0.1, 0.15) is 39.0 Å². The van der Waals surface area contributed by atoms with E-state index in [-0.39, 0.29) is 0 Å². The molecule has 5 heteroatoms. The Bertz CT molecular complexity index is 589. The summed E-state index contributed by atoms with van der Waals surface area (Å²) in [5, 5.41) is 6.61. The molecule has 0 atom stereocenters. The quantitative estimate of drug-likeness (QED) is 0.871. The topological polar surface area (TPSA) is 41.1 Å². The minimum absolute atomic E-state index is 0.764. The highest BCUT2D eigenvalue weighted by Crippen LogP contribution is 2.31. The third-order valence-corrected chi connectivity index (χ3v) is 5.01.